The maximum Gasteiger partial charge on any atom is 0.412 e. The molecule has 2 N–H and O–H groups in total. The number of halogens is 2. The minimum atomic E-state index is -1.60. The van der Waals surface area contributed by atoms with Gasteiger partial charge in [-0.2, -0.15) is 0 Å². The Hall–Kier alpha value is -2.44. The number of hydrogen-bond donors (Lipinski definition) is 2. The van der Waals surface area contributed by atoms with Gasteiger partial charge < -0.3 is 9.84 Å². The lowest BCUT2D eigenvalue weighted by atomic mass is 10.2. The van der Waals surface area contributed by atoms with Crippen LogP contribution in [0.4, 0.5) is 19.3 Å². The Labute approximate surface area is 101 Å². The number of aromatic carboxylic acids is 1. The highest BCUT2D eigenvalue weighted by Crippen LogP contribution is 2.20. The summed E-state index contributed by atoms with van der Waals surface area (Å²) in [6.07, 6.45) is 0.292. The molecular formula is C11H9F2NO4. The quantitative estimate of drug-likeness (QED) is 0.812. The average Bonchev–Trinajstić information content (AvgIpc) is 2.32. The van der Waals surface area contributed by atoms with Crippen LogP contribution in [0.5, 0.6) is 0 Å². The van der Waals surface area contributed by atoms with E-state index in [0.717, 1.165) is 12.1 Å². The van der Waals surface area contributed by atoms with E-state index < -0.39 is 34.9 Å². The highest BCUT2D eigenvalue weighted by atomic mass is 19.2. The van der Waals surface area contributed by atoms with Gasteiger partial charge in [0.05, 0.1) is 11.3 Å². The van der Waals surface area contributed by atoms with E-state index in [-0.39, 0.29) is 6.61 Å². The molecule has 0 bridgehead atoms. The molecule has 1 rings (SSSR count). The van der Waals surface area contributed by atoms with Gasteiger partial charge in [-0.1, -0.05) is 12.7 Å². The van der Waals surface area contributed by atoms with E-state index in [0.29, 0.717) is 0 Å². The zero-order chi connectivity index (χ0) is 13.7. The van der Waals surface area contributed by atoms with Gasteiger partial charge in [0.1, 0.15) is 6.61 Å². The van der Waals surface area contributed by atoms with Gasteiger partial charge in [0, 0.05) is 0 Å². The molecule has 1 aromatic carbocycles. The molecule has 0 aromatic heterocycles. The summed E-state index contributed by atoms with van der Waals surface area (Å²) >= 11 is 0. The van der Waals surface area contributed by atoms with Crippen molar-refractivity contribution in [2.45, 2.75) is 0 Å². The minimum Gasteiger partial charge on any atom is -0.478 e. The third-order valence-corrected chi connectivity index (χ3v) is 1.88. The first kappa shape index (κ1) is 13.6. The molecular weight excluding hydrogens is 248 g/mol. The van der Waals surface area contributed by atoms with E-state index in [1.165, 1.54) is 6.08 Å². The Morgan fingerprint density at radius 2 is 2.06 bits per heavy atom. The fraction of sp³-hybridized carbons (Fsp3) is 0.0909. The molecule has 0 aliphatic rings. The van der Waals surface area contributed by atoms with Gasteiger partial charge in [0.15, 0.2) is 11.6 Å². The first-order chi connectivity index (χ1) is 8.47. The fourth-order valence-corrected chi connectivity index (χ4v) is 1.09. The number of nitrogens with one attached hydrogen (secondary N) is 1. The predicted molar refractivity (Wildman–Crippen MR) is 58.5 cm³/mol. The van der Waals surface area contributed by atoms with Crippen molar-refractivity contribution in [2.24, 2.45) is 0 Å². The molecule has 1 amide bonds. The Morgan fingerprint density at radius 1 is 1.39 bits per heavy atom. The smallest absolute Gasteiger partial charge is 0.412 e. The Kier molecular flexibility index (Phi) is 4.36. The first-order valence-electron chi connectivity index (χ1n) is 4.73. The summed E-state index contributed by atoms with van der Waals surface area (Å²) in [6.45, 7) is 3.20. The molecule has 1 aromatic rings. The van der Waals surface area contributed by atoms with E-state index in [1.54, 1.807) is 0 Å². The summed E-state index contributed by atoms with van der Waals surface area (Å²) in [5.74, 6) is -4.62. The van der Waals surface area contributed by atoms with Crippen LogP contribution in [0.25, 0.3) is 0 Å². The number of benzene rings is 1. The molecule has 0 aliphatic carbocycles. The Bertz CT molecular complexity index is 502. The van der Waals surface area contributed by atoms with Crippen LogP contribution in [-0.2, 0) is 4.74 Å². The summed E-state index contributed by atoms with van der Waals surface area (Å²) in [6, 6.07) is 1.76. The van der Waals surface area contributed by atoms with Gasteiger partial charge in [-0.25, -0.2) is 18.4 Å². The van der Waals surface area contributed by atoms with Gasteiger partial charge in [-0.3, -0.25) is 5.32 Å². The maximum absolute atomic E-state index is 13.4. The monoisotopic (exact) mass is 257 g/mol. The number of carboxylic acids is 1. The van der Waals surface area contributed by atoms with Gasteiger partial charge in [-0.15, -0.1) is 0 Å². The van der Waals surface area contributed by atoms with Crippen LogP contribution >= 0.6 is 0 Å². The summed E-state index contributed by atoms with van der Waals surface area (Å²) in [7, 11) is 0. The van der Waals surface area contributed by atoms with Crippen molar-refractivity contribution in [3.05, 3.63) is 42.0 Å². The number of rotatable bonds is 4. The molecule has 0 heterocycles. The largest absolute Gasteiger partial charge is 0.478 e. The first-order valence-corrected chi connectivity index (χ1v) is 4.73. The number of amides is 1. The highest BCUT2D eigenvalue weighted by Gasteiger charge is 2.19. The summed E-state index contributed by atoms with van der Waals surface area (Å²) < 4.78 is 31.1. The molecule has 0 aliphatic heterocycles. The normalized spacial score (nSPS) is 9.67. The van der Waals surface area contributed by atoms with Gasteiger partial charge in [0.2, 0.25) is 0 Å². The number of ether oxygens (including phenoxy) is 1. The van der Waals surface area contributed by atoms with Gasteiger partial charge in [-0.05, 0) is 12.1 Å². The zero-order valence-electron chi connectivity index (χ0n) is 9.07. The molecule has 0 fully saturated rings. The standard InChI is InChI=1S/C11H9F2NO4/c1-2-5-18-11(17)14-7-4-3-6(10(15)16)8(12)9(7)13/h2-4H,1,5H2,(H,14,17)(H,15,16). The third kappa shape index (κ3) is 3.03. The van der Waals surface area contributed by atoms with Crippen molar-refractivity contribution in [3.8, 4) is 0 Å². The number of anilines is 1. The number of carbonyl (C=O) groups is 2. The lowest BCUT2D eigenvalue weighted by Crippen LogP contribution is -2.16. The maximum atomic E-state index is 13.4. The molecule has 0 atom stereocenters. The number of hydrogen-bond acceptors (Lipinski definition) is 3. The predicted octanol–water partition coefficient (Wildman–Crippen LogP) is 2.40. The van der Waals surface area contributed by atoms with E-state index in [1.807, 2.05) is 5.32 Å². The molecule has 0 radical (unpaired) electrons. The molecule has 96 valence electrons. The van der Waals surface area contributed by atoms with Gasteiger partial charge in [0.25, 0.3) is 0 Å². The van der Waals surface area contributed by atoms with Crippen molar-refractivity contribution < 1.29 is 28.2 Å². The van der Waals surface area contributed by atoms with Crippen molar-refractivity contribution in [1.29, 1.82) is 0 Å². The summed E-state index contributed by atoms with van der Waals surface area (Å²) in [4.78, 5) is 21.6. The van der Waals surface area contributed by atoms with Crippen LogP contribution in [0.2, 0.25) is 0 Å². The molecule has 0 saturated carbocycles. The van der Waals surface area contributed by atoms with Crippen LogP contribution in [0.15, 0.2) is 24.8 Å². The molecule has 7 heteroatoms. The van der Waals surface area contributed by atoms with Crippen LogP contribution in [0, 0.1) is 11.6 Å². The van der Waals surface area contributed by atoms with Crippen LogP contribution in [-0.4, -0.2) is 23.8 Å². The minimum absolute atomic E-state index is 0.0941. The third-order valence-electron chi connectivity index (χ3n) is 1.88. The second kappa shape index (κ2) is 5.76. The summed E-state index contributed by atoms with van der Waals surface area (Å²) in [5, 5.41) is 10.5. The van der Waals surface area contributed by atoms with E-state index >= 15 is 0 Å². The van der Waals surface area contributed by atoms with Crippen molar-refractivity contribution in [2.75, 3.05) is 11.9 Å². The Morgan fingerprint density at radius 3 is 2.61 bits per heavy atom. The SMILES string of the molecule is C=CCOC(=O)Nc1ccc(C(=O)O)c(F)c1F. The number of carboxylic acid groups (broad SMARTS) is 1. The van der Waals surface area contributed by atoms with Crippen molar-refractivity contribution in [3.63, 3.8) is 0 Å². The molecule has 0 saturated heterocycles. The lowest BCUT2D eigenvalue weighted by molar-refractivity contribution is 0.0690. The lowest BCUT2D eigenvalue weighted by Gasteiger charge is -2.07. The number of carbonyl (C=O) groups excluding carboxylic acids is 1. The molecule has 5 nitrogen and oxygen atoms in total. The van der Waals surface area contributed by atoms with Crippen LogP contribution in [0.3, 0.4) is 0 Å². The average molecular weight is 257 g/mol. The van der Waals surface area contributed by atoms with Crippen molar-refractivity contribution >= 4 is 17.7 Å². The molecule has 0 unspecified atom stereocenters. The summed E-state index contributed by atoms with van der Waals surface area (Å²) in [5.41, 5.74) is -1.33. The molecule has 0 spiro atoms. The fourth-order valence-electron chi connectivity index (χ4n) is 1.09. The van der Waals surface area contributed by atoms with E-state index in [9.17, 15) is 18.4 Å². The Balaban J connectivity index is 2.92. The van der Waals surface area contributed by atoms with Crippen molar-refractivity contribution in [1.82, 2.24) is 0 Å². The molecule has 18 heavy (non-hydrogen) atoms. The van der Waals surface area contributed by atoms with Crippen LogP contribution < -0.4 is 5.32 Å². The second-order valence-corrected chi connectivity index (χ2v) is 3.11. The van der Waals surface area contributed by atoms with E-state index in [4.69, 9.17) is 5.11 Å². The second-order valence-electron chi connectivity index (χ2n) is 3.11. The van der Waals surface area contributed by atoms with E-state index in [2.05, 4.69) is 11.3 Å². The van der Waals surface area contributed by atoms with Crippen LogP contribution in [0.1, 0.15) is 10.4 Å². The van der Waals surface area contributed by atoms with Gasteiger partial charge >= 0.3 is 12.1 Å². The highest BCUT2D eigenvalue weighted by molar-refractivity contribution is 5.90. The topological polar surface area (TPSA) is 75.6 Å². The zero-order valence-corrected chi connectivity index (χ0v) is 9.07.